The molecular formula is C19H17ClF4N4O2. The lowest BCUT2D eigenvalue weighted by Gasteiger charge is -2.28. The molecule has 1 aliphatic rings. The summed E-state index contributed by atoms with van der Waals surface area (Å²) < 4.78 is 53.1. The first-order valence-electron chi connectivity index (χ1n) is 8.92. The predicted molar refractivity (Wildman–Crippen MR) is 103 cm³/mol. The third-order valence-electron chi connectivity index (χ3n) is 4.57. The van der Waals surface area contributed by atoms with Gasteiger partial charge < -0.3 is 10.2 Å². The molecule has 6 nitrogen and oxygen atoms in total. The van der Waals surface area contributed by atoms with Gasteiger partial charge in [0.05, 0.1) is 10.6 Å². The number of pyridine rings is 1. The normalized spacial score (nSPS) is 16.6. The van der Waals surface area contributed by atoms with Crippen LogP contribution in [0.4, 0.5) is 33.9 Å². The second-order valence-electron chi connectivity index (χ2n) is 6.61. The zero-order chi connectivity index (χ0) is 22.2. The topological polar surface area (TPSA) is 65.5 Å². The molecule has 0 unspecified atom stereocenters. The Morgan fingerprint density at radius 3 is 2.63 bits per heavy atom. The van der Waals surface area contributed by atoms with Crippen molar-refractivity contribution in [2.45, 2.75) is 26.1 Å². The summed E-state index contributed by atoms with van der Waals surface area (Å²) in [5, 5.41) is 2.27. The number of benzene rings is 1. The Balaban J connectivity index is 1.99. The van der Waals surface area contributed by atoms with Gasteiger partial charge in [0.1, 0.15) is 17.7 Å². The maximum absolute atomic E-state index is 13.5. The van der Waals surface area contributed by atoms with E-state index in [9.17, 15) is 27.2 Å². The highest BCUT2D eigenvalue weighted by Gasteiger charge is 2.41. The number of anilines is 2. The van der Waals surface area contributed by atoms with Crippen molar-refractivity contribution in [1.29, 1.82) is 0 Å². The fourth-order valence-corrected chi connectivity index (χ4v) is 3.37. The lowest BCUT2D eigenvalue weighted by atomic mass is 10.1. The van der Waals surface area contributed by atoms with Crippen molar-refractivity contribution in [2.24, 2.45) is 0 Å². The van der Waals surface area contributed by atoms with Gasteiger partial charge >= 0.3 is 12.2 Å². The number of carbonyl (C=O) groups excluding carboxylic acids is 2. The minimum atomic E-state index is -4.64. The number of nitrogens with one attached hydrogen (secondary N) is 1. The Morgan fingerprint density at radius 2 is 2.03 bits per heavy atom. The van der Waals surface area contributed by atoms with Gasteiger partial charge in [-0.25, -0.2) is 14.2 Å². The maximum atomic E-state index is 13.5. The van der Waals surface area contributed by atoms with E-state index in [1.54, 1.807) is 6.92 Å². The van der Waals surface area contributed by atoms with Crippen LogP contribution in [-0.4, -0.2) is 36.1 Å². The predicted octanol–water partition coefficient (Wildman–Crippen LogP) is 4.15. The van der Waals surface area contributed by atoms with Crippen molar-refractivity contribution in [2.75, 3.05) is 22.9 Å². The molecule has 1 saturated heterocycles. The van der Waals surface area contributed by atoms with Gasteiger partial charge in [-0.3, -0.25) is 9.69 Å². The van der Waals surface area contributed by atoms with Crippen molar-refractivity contribution in [3.8, 4) is 0 Å². The van der Waals surface area contributed by atoms with E-state index in [0.717, 1.165) is 23.1 Å². The van der Waals surface area contributed by atoms with E-state index in [-0.39, 0.29) is 29.6 Å². The van der Waals surface area contributed by atoms with E-state index in [0.29, 0.717) is 5.69 Å². The molecule has 160 valence electrons. The molecule has 1 aromatic carbocycles. The number of amides is 3. The Hall–Kier alpha value is -2.88. The number of aromatic nitrogens is 1. The number of hydrogen-bond acceptors (Lipinski definition) is 3. The molecule has 0 spiro atoms. The monoisotopic (exact) mass is 444 g/mol. The second kappa shape index (κ2) is 8.10. The van der Waals surface area contributed by atoms with E-state index in [2.05, 4.69) is 10.3 Å². The van der Waals surface area contributed by atoms with Gasteiger partial charge in [-0.05, 0) is 44.2 Å². The SMILES string of the molecule is CCN(C(=O)[C@@H]1CNC(=O)N1c1cc(C(F)(F)F)cc(C)n1)c1ccc(F)c(Cl)c1. The molecule has 1 aromatic heterocycles. The summed E-state index contributed by atoms with van der Waals surface area (Å²) in [6, 6.07) is 3.41. The van der Waals surface area contributed by atoms with Crippen molar-refractivity contribution < 1.29 is 27.2 Å². The molecule has 1 aliphatic heterocycles. The minimum Gasteiger partial charge on any atom is -0.335 e. The lowest BCUT2D eigenvalue weighted by Crippen LogP contribution is -2.48. The van der Waals surface area contributed by atoms with Gasteiger partial charge in [-0.1, -0.05) is 11.6 Å². The first-order chi connectivity index (χ1) is 14.0. The Bertz CT molecular complexity index is 999. The van der Waals surface area contributed by atoms with Crippen LogP contribution in [0, 0.1) is 12.7 Å². The lowest BCUT2D eigenvalue weighted by molar-refractivity contribution is -0.137. The molecule has 0 aliphatic carbocycles. The molecule has 30 heavy (non-hydrogen) atoms. The number of likely N-dealkylation sites (N-methyl/N-ethyl adjacent to an activating group) is 1. The number of hydrogen-bond donors (Lipinski definition) is 1. The fraction of sp³-hybridized carbons (Fsp3) is 0.316. The van der Waals surface area contributed by atoms with Gasteiger partial charge in [-0.2, -0.15) is 13.2 Å². The van der Waals surface area contributed by atoms with Crippen molar-refractivity contribution in [3.05, 3.63) is 52.4 Å². The van der Waals surface area contributed by atoms with Crippen LogP contribution in [0.15, 0.2) is 30.3 Å². The highest BCUT2D eigenvalue weighted by atomic mass is 35.5. The summed E-state index contributed by atoms with van der Waals surface area (Å²) in [5.74, 6) is -1.52. The molecular weight excluding hydrogens is 428 g/mol. The summed E-state index contributed by atoms with van der Waals surface area (Å²) in [4.78, 5) is 31.7. The molecule has 0 saturated carbocycles. The van der Waals surface area contributed by atoms with Gasteiger partial charge in [0.25, 0.3) is 5.91 Å². The van der Waals surface area contributed by atoms with Crippen LogP contribution in [-0.2, 0) is 11.0 Å². The Kier molecular flexibility index (Phi) is 5.89. The number of nitrogens with zero attached hydrogens (tertiary/aromatic N) is 3. The van der Waals surface area contributed by atoms with E-state index in [4.69, 9.17) is 11.6 Å². The average molecular weight is 445 g/mol. The van der Waals surface area contributed by atoms with Crippen LogP contribution in [0.1, 0.15) is 18.2 Å². The van der Waals surface area contributed by atoms with Crippen LogP contribution < -0.4 is 15.1 Å². The Morgan fingerprint density at radius 1 is 1.33 bits per heavy atom. The Labute approximate surface area is 174 Å². The second-order valence-corrected chi connectivity index (χ2v) is 7.01. The zero-order valence-electron chi connectivity index (χ0n) is 15.9. The summed E-state index contributed by atoms with van der Waals surface area (Å²) in [5.41, 5.74) is -0.640. The molecule has 0 bridgehead atoms. The third kappa shape index (κ3) is 4.18. The number of rotatable bonds is 4. The molecule has 2 aromatic rings. The summed E-state index contributed by atoms with van der Waals surface area (Å²) >= 11 is 5.80. The maximum Gasteiger partial charge on any atom is 0.416 e. The number of aryl methyl sites for hydroxylation is 1. The van der Waals surface area contributed by atoms with Crippen LogP contribution in [0.5, 0.6) is 0 Å². The van der Waals surface area contributed by atoms with E-state index in [1.165, 1.54) is 24.0 Å². The van der Waals surface area contributed by atoms with E-state index >= 15 is 0 Å². The average Bonchev–Trinajstić information content (AvgIpc) is 3.05. The number of alkyl halides is 3. The molecule has 1 atom stereocenters. The summed E-state index contributed by atoms with van der Waals surface area (Å²) in [7, 11) is 0. The molecule has 3 rings (SSSR count). The van der Waals surface area contributed by atoms with E-state index < -0.39 is 35.5 Å². The van der Waals surface area contributed by atoms with Crippen molar-refractivity contribution in [1.82, 2.24) is 10.3 Å². The molecule has 2 heterocycles. The van der Waals surface area contributed by atoms with Gasteiger partial charge in [0.2, 0.25) is 0 Å². The molecule has 1 N–H and O–H groups in total. The van der Waals surface area contributed by atoms with Crippen LogP contribution in [0.25, 0.3) is 0 Å². The first kappa shape index (κ1) is 21.8. The van der Waals surface area contributed by atoms with Gasteiger partial charge in [0.15, 0.2) is 0 Å². The summed E-state index contributed by atoms with van der Waals surface area (Å²) in [6.45, 7) is 3.06. The third-order valence-corrected chi connectivity index (χ3v) is 4.86. The van der Waals surface area contributed by atoms with Crippen LogP contribution in [0.2, 0.25) is 5.02 Å². The van der Waals surface area contributed by atoms with Crippen molar-refractivity contribution in [3.63, 3.8) is 0 Å². The number of carbonyl (C=O) groups is 2. The molecule has 0 radical (unpaired) electrons. The van der Waals surface area contributed by atoms with Gasteiger partial charge in [0, 0.05) is 24.5 Å². The highest BCUT2D eigenvalue weighted by Crippen LogP contribution is 2.33. The quantitative estimate of drug-likeness (QED) is 0.720. The minimum absolute atomic E-state index is 0.0448. The van der Waals surface area contributed by atoms with Crippen LogP contribution in [0.3, 0.4) is 0 Å². The van der Waals surface area contributed by atoms with E-state index in [1.807, 2.05) is 0 Å². The number of halogens is 5. The molecule has 11 heteroatoms. The highest BCUT2D eigenvalue weighted by molar-refractivity contribution is 6.31. The first-order valence-corrected chi connectivity index (χ1v) is 9.30. The summed E-state index contributed by atoms with van der Waals surface area (Å²) in [6.07, 6.45) is -4.64. The largest absolute Gasteiger partial charge is 0.416 e. The standard InChI is InChI=1S/C19H17ClF4N4O2/c1-3-27(12-4-5-14(21)13(20)8-12)17(29)15-9-25-18(30)28(15)16-7-11(19(22,23)24)6-10(2)26-16/h4-8,15H,3,9H2,1-2H3,(H,25,30)/t15-/m0/s1. The van der Waals surface area contributed by atoms with Gasteiger partial charge in [-0.15, -0.1) is 0 Å². The van der Waals surface area contributed by atoms with Crippen LogP contribution >= 0.6 is 11.6 Å². The van der Waals surface area contributed by atoms with Crippen molar-refractivity contribution >= 4 is 35.0 Å². The fourth-order valence-electron chi connectivity index (χ4n) is 3.20. The molecule has 1 fully saturated rings. The number of urea groups is 1. The molecule has 3 amide bonds. The smallest absolute Gasteiger partial charge is 0.335 e. The zero-order valence-corrected chi connectivity index (χ0v) is 16.7.